The third-order valence-corrected chi connectivity index (χ3v) is 3.97. The largest absolute Gasteiger partial charge is 0.385 e. The maximum atomic E-state index is 13.3. The molecule has 2 nitrogen and oxygen atoms in total. The summed E-state index contributed by atoms with van der Waals surface area (Å²) in [6.07, 6.45) is 2.37. The van der Waals surface area contributed by atoms with Crippen LogP contribution in [0.5, 0.6) is 0 Å². The minimum atomic E-state index is -0.553. The summed E-state index contributed by atoms with van der Waals surface area (Å²) in [7, 11) is 2.14. The normalized spacial score (nSPS) is 18.0. The lowest BCUT2D eigenvalue weighted by Gasteiger charge is -2.29. The molecule has 1 aromatic rings. The van der Waals surface area contributed by atoms with Crippen LogP contribution in [-0.4, -0.2) is 31.6 Å². The van der Waals surface area contributed by atoms with E-state index in [0.717, 1.165) is 25.3 Å². The molecule has 18 heavy (non-hydrogen) atoms. The average molecular weight is 291 g/mol. The predicted molar refractivity (Wildman–Crippen MR) is 75.1 cm³/mol. The predicted octanol–water partition coefficient (Wildman–Crippen LogP) is 3.89. The molecule has 0 radical (unpaired) electrons. The van der Waals surface area contributed by atoms with E-state index in [4.69, 9.17) is 23.2 Å². The highest BCUT2D eigenvalue weighted by Crippen LogP contribution is 2.27. The molecule has 0 atom stereocenters. The topological polar surface area (TPSA) is 15.3 Å². The van der Waals surface area contributed by atoms with Gasteiger partial charge in [-0.2, -0.15) is 0 Å². The molecule has 5 heteroatoms. The van der Waals surface area contributed by atoms with Gasteiger partial charge in [0.2, 0.25) is 0 Å². The van der Waals surface area contributed by atoms with E-state index in [9.17, 15) is 4.39 Å². The lowest BCUT2D eigenvalue weighted by atomic mass is 9.97. The number of hydrogen-bond donors (Lipinski definition) is 1. The van der Waals surface area contributed by atoms with Crippen molar-refractivity contribution in [2.24, 2.45) is 5.92 Å². The molecule has 1 saturated heterocycles. The second-order valence-electron chi connectivity index (χ2n) is 4.88. The molecule has 0 aromatic heterocycles. The number of hydrogen-bond acceptors (Lipinski definition) is 2. The van der Waals surface area contributed by atoms with Crippen LogP contribution in [0.25, 0.3) is 0 Å². The standard InChI is InChI=1S/C13H17Cl2FN2/c1-18-4-2-9(3-5-18)8-17-10-6-11(14)13(16)12(15)7-10/h6-7,9,17H,2-5,8H2,1H3. The van der Waals surface area contributed by atoms with Crippen LogP contribution in [0.2, 0.25) is 10.0 Å². The van der Waals surface area contributed by atoms with Crippen molar-refractivity contribution < 1.29 is 4.39 Å². The number of halogens is 3. The quantitative estimate of drug-likeness (QED) is 0.850. The van der Waals surface area contributed by atoms with Gasteiger partial charge in [-0.15, -0.1) is 0 Å². The highest BCUT2D eigenvalue weighted by Gasteiger charge is 2.16. The molecule has 0 saturated carbocycles. The van der Waals surface area contributed by atoms with E-state index in [1.165, 1.54) is 12.8 Å². The van der Waals surface area contributed by atoms with Crippen molar-refractivity contribution in [2.75, 3.05) is 32.0 Å². The van der Waals surface area contributed by atoms with Crippen LogP contribution in [-0.2, 0) is 0 Å². The summed E-state index contributed by atoms with van der Waals surface area (Å²) in [5.41, 5.74) is 0.783. The third kappa shape index (κ3) is 3.50. The highest BCUT2D eigenvalue weighted by atomic mass is 35.5. The highest BCUT2D eigenvalue weighted by molar-refractivity contribution is 6.35. The monoisotopic (exact) mass is 290 g/mol. The Balaban J connectivity index is 1.90. The molecule has 0 unspecified atom stereocenters. The smallest absolute Gasteiger partial charge is 0.160 e. The summed E-state index contributed by atoms with van der Waals surface area (Å²) in [5.74, 6) is 0.104. The summed E-state index contributed by atoms with van der Waals surface area (Å²) < 4.78 is 13.3. The number of likely N-dealkylation sites (tertiary alicyclic amines) is 1. The Kier molecular flexibility index (Phi) is 4.71. The summed E-state index contributed by atoms with van der Waals surface area (Å²) >= 11 is 11.5. The molecule has 1 fully saturated rings. The first-order valence-corrected chi connectivity index (χ1v) is 6.89. The minimum absolute atomic E-state index is 0.0633. The van der Waals surface area contributed by atoms with E-state index in [1.807, 2.05) is 0 Å². The number of piperidine rings is 1. The molecule has 0 bridgehead atoms. The molecule has 0 aliphatic carbocycles. The van der Waals surface area contributed by atoms with Crippen molar-refractivity contribution in [1.82, 2.24) is 4.90 Å². The molecule has 2 rings (SSSR count). The van der Waals surface area contributed by atoms with Gasteiger partial charge >= 0.3 is 0 Å². The number of anilines is 1. The molecule has 100 valence electrons. The van der Waals surface area contributed by atoms with Crippen LogP contribution in [0.1, 0.15) is 12.8 Å². The maximum Gasteiger partial charge on any atom is 0.160 e. The first-order valence-electron chi connectivity index (χ1n) is 6.13. The Hall–Kier alpha value is -0.510. The first-order chi connectivity index (χ1) is 8.56. The number of nitrogens with one attached hydrogen (secondary N) is 1. The van der Waals surface area contributed by atoms with Crippen LogP contribution >= 0.6 is 23.2 Å². The SMILES string of the molecule is CN1CCC(CNc2cc(Cl)c(F)c(Cl)c2)CC1. The van der Waals surface area contributed by atoms with Crippen LogP contribution in [0, 0.1) is 11.7 Å². The zero-order valence-corrected chi connectivity index (χ0v) is 11.9. The van der Waals surface area contributed by atoms with Crippen LogP contribution in [0.15, 0.2) is 12.1 Å². The van der Waals surface area contributed by atoms with Gasteiger partial charge in [-0.25, -0.2) is 4.39 Å². The van der Waals surface area contributed by atoms with Crippen molar-refractivity contribution >= 4 is 28.9 Å². The molecule has 1 heterocycles. The van der Waals surface area contributed by atoms with Gasteiger partial charge in [0.15, 0.2) is 5.82 Å². The Morgan fingerprint density at radius 3 is 2.39 bits per heavy atom. The number of rotatable bonds is 3. The molecule has 1 aromatic carbocycles. The van der Waals surface area contributed by atoms with Crippen LogP contribution in [0.3, 0.4) is 0 Å². The molecular formula is C13H17Cl2FN2. The maximum absolute atomic E-state index is 13.3. The molecule has 1 aliphatic rings. The van der Waals surface area contributed by atoms with E-state index < -0.39 is 5.82 Å². The van der Waals surface area contributed by atoms with Gasteiger partial charge in [-0.3, -0.25) is 0 Å². The van der Waals surface area contributed by atoms with E-state index in [-0.39, 0.29) is 10.0 Å². The molecule has 0 spiro atoms. The fourth-order valence-corrected chi connectivity index (χ4v) is 2.67. The Morgan fingerprint density at radius 1 is 1.28 bits per heavy atom. The lowest BCUT2D eigenvalue weighted by Crippen LogP contribution is -2.32. The van der Waals surface area contributed by atoms with E-state index >= 15 is 0 Å². The molecule has 1 N–H and O–H groups in total. The summed E-state index contributed by atoms with van der Waals surface area (Å²) in [6, 6.07) is 3.16. The van der Waals surface area contributed by atoms with Gasteiger partial charge < -0.3 is 10.2 Å². The van der Waals surface area contributed by atoms with Gasteiger partial charge in [0.25, 0.3) is 0 Å². The zero-order valence-electron chi connectivity index (χ0n) is 10.3. The van der Waals surface area contributed by atoms with Gasteiger partial charge in [-0.05, 0) is 51.0 Å². The minimum Gasteiger partial charge on any atom is -0.385 e. The van der Waals surface area contributed by atoms with Crippen LogP contribution < -0.4 is 5.32 Å². The summed E-state index contributed by atoms with van der Waals surface area (Å²) in [5, 5.41) is 3.41. The number of benzene rings is 1. The van der Waals surface area contributed by atoms with Gasteiger partial charge in [0, 0.05) is 12.2 Å². The van der Waals surface area contributed by atoms with E-state index in [1.54, 1.807) is 12.1 Å². The summed E-state index contributed by atoms with van der Waals surface area (Å²) in [6.45, 7) is 3.15. The van der Waals surface area contributed by atoms with Gasteiger partial charge in [0.1, 0.15) is 0 Å². The van der Waals surface area contributed by atoms with Crippen molar-refractivity contribution in [3.05, 3.63) is 28.0 Å². The van der Waals surface area contributed by atoms with Gasteiger partial charge in [0.05, 0.1) is 10.0 Å². The fraction of sp³-hybridized carbons (Fsp3) is 0.538. The Morgan fingerprint density at radius 2 is 1.83 bits per heavy atom. The summed E-state index contributed by atoms with van der Waals surface area (Å²) in [4.78, 5) is 2.34. The Labute approximate surface area is 117 Å². The molecular weight excluding hydrogens is 274 g/mol. The van der Waals surface area contributed by atoms with Crippen molar-refractivity contribution in [1.29, 1.82) is 0 Å². The van der Waals surface area contributed by atoms with Crippen molar-refractivity contribution in [2.45, 2.75) is 12.8 Å². The van der Waals surface area contributed by atoms with E-state index in [2.05, 4.69) is 17.3 Å². The van der Waals surface area contributed by atoms with Gasteiger partial charge in [-0.1, -0.05) is 23.2 Å². The number of nitrogens with zero attached hydrogens (tertiary/aromatic N) is 1. The third-order valence-electron chi connectivity index (χ3n) is 3.42. The second-order valence-corrected chi connectivity index (χ2v) is 5.70. The van der Waals surface area contributed by atoms with Crippen LogP contribution in [0.4, 0.5) is 10.1 Å². The fourth-order valence-electron chi connectivity index (χ4n) is 2.19. The van der Waals surface area contributed by atoms with E-state index in [0.29, 0.717) is 5.92 Å². The van der Waals surface area contributed by atoms with Crippen molar-refractivity contribution in [3.8, 4) is 0 Å². The zero-order chi connectivity index (χ0) is 13.1. The average Bonchev–Trinajstić information content (AvgIpc) is 2.35. The second kappa shape index (κ2) is 6.09. The molecule has 1 aliphatic heterocycles. The molecule has 0 amide bonds. The Bertz CT molecular complexity index is 394. The van der Waals surface area contributed by atoms with Crippen molar-refractivity contribution in [3.63, 3.8) is 0 Å². The lowest BCUT2D eigenvalue weighted by molar-refractivity contribution is 0.226. The first kappa shape index (κ1) is 13.9.